The van der Waals surface area contributed by atoms with E-state index in [9.17, 15) is 9.90 Å². The Labute approximate surface area is 141 Å². The number of hydrogen-bond donors (Lipinski definition) is 3. The lowest BCUT2D eigenvalue weighted by Crippen LogP contribution is -2.48. The van der Waals surface area contributed by atoms with E-state index in [-0.39, 0.29) is 18.7 Å². The summed E-state index contributed by atoms with van der Waals surface area (Å²) in [5.41, 5.74) is 1.95. The Kier molecular flexibility index (Phi) is 5.43. The highest BCUT2D eigenvalue weighted by Gasteiger charge is 2.25. The maximum atomic E-state index is 12.5. The first-order valence-electron chi connectivity index (χ1n) is 8.38. The largest absolute Gasteiger partial charge is 0.396 e. The predicted octanol–water partition coefficient (Wildman–Crippen LogP) is 1.92. The summed E-state index contributed by atoms with van der Waals surface area (Å²) in [5, 5.41) is 18.9. The van der Waals surface area contributed by atoms with Crippen LogP contribution in [0, 0.1) is 0 Å². The van der Waals surface area contributed by atoms with Crippen molar-refractivity contribution in [3.63, 3.8) is 0 Å². The number of aromatic nitrogens is 3. The number of aliphatic hydroxyl groups is 1. The fourth-order valence-corrected chi connectivity index (χ4v) is 3.17. The van der Waals surface area contributed by atoms with E-state index >= 15 is 0 Å². The van der Waals surface area contributed by atoms with Gasteiger partial charge in [0.2, 0.25) is 0 Å². The smallest absolute Gasteiger partial charge is 0.317 e. The van der Waals surface area contributed by atoms with Crippen LogP contribution in [0.15, 0.2) is 30.6 Å². The number of nitrogens with zero attached hydrogens (tertiary/aromatic N) is 3. The highest BCUT2D eigenvalue weighted by molar-refractivity contribution is 5.74. The average molecular weight is 329 g/mol. The van der Waals surface area contributed by atoms with Gasteiger partial charge in [0.25, 0.3) is 0 Å². The third-order valence-corrected chi connectivity index (χ3v) is 4.41. The molecule has 0 aliphatic carbocycles. The van der Waals surface area contributed by atoms with Crippen molar-refractivity contribution < 1.29 is 9.90 Å². The lowest BCUT2D eigenvalue weighted by atomic mass is 10.0. The monoisotopic (exact) mass is 329 g/mol. The van der Waals surface area contributed by atoms with Gasteiger partial charge in [0.1, 0.15) is 6.33 Å². The molecule has 7 heteroatoms. The molecule has 1 aliphatic rings. The minimum atomic E-state index is -0.0572. The Morgan fingerprint density at radius 2 is 2.33 bits per heavy atom. The Morgan fingerprint density at radius 1 is 1.42 bits per heavy atom. The van der Waals surface area contributed by atoms with Crippen molar-refractivity contribution >= 4 is 6.03 Å². The average Bonchev–Trinajstić information content (AvgIpc) is 3.15. The van der Waals surface area contributed by atoms with Gasteiger partial charge in [-0.2, -0.15) is 5.10 Å². The van der Waals surface area contributed by atoms with Crippen LogP contribution in [0.5, 0.6) is 0 Å². The molecule has 0 spiro atoms. The zero-order chi connectivity index (χ0) is 16.8. The molecule has 1 unspecified atom stereocenters. The van der Waals surface area contributed by atoms with Crippen LogP contribution in [-0.4, -0.2) is 50.4 Å². The summed E-state index contributed by atoms with van der Waals surface area (Å²) in [6.07, 6.45) is 5.23. The molecule has 128 valence electrons. The first-order chi connectivity index (χ1) is 11.8. The molecule has 7 nitrogen and oxygen atoms in total. The van der Waals surface area contributed by atoms with Crippen molar-refractivity contribution in [2.75, 3.05) is 13.2 Å². The Balaban J connectivity index is 1.60. The van der Waals surface area contributed by atoms with Gasteiger partial charge in [0, 0.05) is 31.3 Å². The van der Waals surface area contributed by atoms with E-state index in [1.165, 1.54) is 6.33 Å². The summed E-state index contributed by atoms with van der Waals surface area (Å²) in [6.45, 7) is 1.34. The van der Waals surface area contributed by atoms with Crippen LogP contribution < -0.4 is 5.32 Å². The first-order valence-corrected chi connectivity index (χ1v) is 8.38. The van der Waals surface area contributed by atoms with Crippen molar-refractivity contribution in [3.05, 3.63) is 36.2 Å². The second-order valence-corrected chi connectivity index (χ2v) is 6.05. The number of carbonyl (C=O) groups excluding carboxylic acids is 1. The molecule has 2 amide bonds. The van der Waals surface area contributed by atoms with Gasteiger partial charge in [-0.15, -0.1) is 0 Å². The topological polar surface area (TPSA) is 94.1 Å². The van der Waals surface area contributed by atoms with Crippen LogP contribution in [0.4, 0.5) is 4.79 Å². The van der Waals surface area contributed by atoms with Gasteiger partial charge in [0.15, 0.2) is 5.82 Å². The van der Waals surface area contributed by atoms with E-state index in [2.05, 4.69) is 20.5 Å². The van der Waals surface area contributed by atoms with E-state index in [1.54, 1.807) is 0 Å². The van der Waals surface area contributed by atoms with Gasteiger partial charge in [-0.25, -0.2) is 9.78 Å². The fourth-order valence-electron chi connectivity index (χ4n) is 3.17. The van der Waals surface area contributed by atoms with Crippen LogP contribution in [-0.2, 0) is 6.54 Å². The van der Waals surface area contributed by atoms with Crippen molar-refractivity contribution in [1.29, 1.82) is 0 Å². The molecule has 1 atom stereocenters. The number of rotatable bonds is 5. The molecule has 2 heterocycles. The molecule has 0 saturated carbocycles. The lowest BCUT2D eigenvalue weighted by Gasteiger charge is -2.35. The van der Waals surface area contributed by atoms with E-state index < -0.39 is 0 Å². The molecule has 0 radical (unpaired) electrons. The van der Waals surface area contributed by atoms with E-state index in [4.69, 9.17) is 0 Å². The Hall–Kier alpha value is -2.41. The van der Waals surface area contributed by atoms with Crippen molar-refractivity contribution in [2.45, 2.75) is 38.3 Å². The van der Waals surface area contributed by atoms with Gasteiger partial charge >= 0.3 is 6.03 Å². The van der Waals surface area contributed by atoms with Crippen LogP contribution in [0.2, 0.25) is 0 Å². The predicted molar refractivity (Wildman–Crippen MR) is 90.1 cm³/mol. The second kappa shape index (κ2) is 7.92. The van der Waals surface area contributed by atoms with Crippen LogP contribution in [0.1, 0.15) is 31.2 Å². The number of benzene rings is 1. The van der Waals surface area contributed by atoms with Crippen molar-refractivity contribution in [2.24, 2.45) is 0 Å². The maximum absolute atomic E-state index is 12.5. The minimum Gasteiger partial charge on any atom is -0.396 e. The zero-order valence-electron chi connectivity index (χ0n) is 13.6. The van der Waals surface area contributed by atoms with Crippen molar-refractivity contribution in [3.8, 4) is 11.4 Å². The molecular weight excluding hydrogens is 306 g/mol. The zero-order valence-corrected chi connectivity index (χ0v) is 13.6. The van der Waals surface area contributed by atoms with E-state index in [0.29, 0.717) is 18.8 Å². The van der Waals surface area contributed by atoms with Crippen LogP contribution >= 0.6 is 0 Å². The molecule has 2 aromatic rings. The summed E-state index contributed by atoms with van der Waals surface area (Å²) in [4.78, 5) is 18.5. The Bertz CT molecular complexity index is 657. The maximum Gasteiger partial charge on any atom is 0.317 e. The third kappa shape index (κ3) is 3.91. The molecule has 1 saturated heterocycles. The number of H-pyrrole nitrogens is 1. The van der Waals surface area contributed by atoms with Gasteiger partial charge in [-0.3, -0.25) is 5.10 Å². The van der Waals surface area contributed by atoms with Crippen LogP contribution in [0.3, 0.4) is 0 Å². The fraction of sp³-hybridized carbons (Fsp3) is 0.471. The standard InChI is InChI=1S/C17H23N5O2/c23-9-7-15-6-1-2-8-22(15)17(24)18-11-13-4-3-5-14(10-13)16-19-12-20-21-16/h3-5,10,12,15,23H,1-2,6-9,11H2,(H,18,24)(H,19,20,21). The first kappa shape index (κ1) is 16.4. The number of nitrogens with one attached hydrogen (secondary N) is 2. The molecule has 1 aromatic carbocycles. The number of likely N-dealkylation sites (tertiary alicyclic amines) is 1. The molecule has 1 aromatic heterocycles. The number of aromatic amines is 1. The number of aliphatic hydroxyl groups excluding tert-OH is 1. The molecular formula is C17H23N5O2. The minimum absolute atomic E-state index is 0.0572. The second-order valence-electron chi connectivity index (χ2n) is 6.05. The third-order valence-electron chi connectivity index (χ3n) is 4.41. The summed E-state index contributed by atoms with van der Waals surface area (Å²) in [6, 6.07) is 7.94. The number of urea groups is 1. The summed E-state index contributed by atoms with van der Waals surface area (Å²) in [5.74, 6) is 0.710. The Morgan fingerprint density at radius 3 is 3.12 bits per heavy atom. The summed E-state index contributed by atoms with van der Waals surface area (Å²) < 4.78 is 0. The molecule has 3 rings (SSSR count). The molecule has 24 heavy (non-hydrogen) atoms. The quantitative estimate of drug-likeness (QED) is 0.781. The highest BCUT2D eigenvalue weighted by Crippen LogP contribution is 2.20. The van der Waals surface area contributed by atoms with E-state index in [1.807, 2.05) is 29.2 Å². The van der Waals surface area contributed by atoms with Gasteiger partial charge in [0.05, 0.1) is 0 Å². The summed E-state index contributed by atoms with van der Waals surface area (Å²) >= 11 is 0. The van der Waals surface area contributed by atoms with Gasteiger partial charge in [-0.1, -0.05) is 18.2 Å². The normalized spacial score (nSPS) is 17.7. The van der Waals surface area contributed by atoms with E-state index in [0.717, 1.165) is 36.9 Å². The van der Waals surface area contributed by atoms with Crippen LogP contribution in [0.25, 0.3) is 11.4 Å². The molecule has 3 N–H and O–H groups in total. The van der Waals surface area contributed by atoms with Gasteiger partial charge in [-0.05, 0) is 37.3 Å². The number of piperidine rings is 1. The number of carbonyl (C=O) groups is 1. The summed E-state index contributed by atoms with van der Waals surface area (Å²) in [7, 11) is 0. The lowest BCUT2D eigenvalue weighted by molar-refractivity contribution is 0.131. The van der Waals surface area contributed by atoms with Crippen molar-refractivity contribution in [1.82, 2.24) is 25.4 Å². The highest BCUT2D eigenvalue weighted by atomic mass is 16.3. The number of amides is 2. The number of hydrogen-bond acceptors (Lipinski definition) is 4. The van der Waals surface area contributed by atoms with Gasteiger partial charge < -0.3 is 15.3 Å². The SMILES string of the molecule is O=C(NCc1cccc(-c2ncn[nH]2)c1)N1CCCCC1CCO. The molecule has 1 aliphatic heterocycles. The molecule has 0 bridgehead atoms. The molecule has 1 fully saturated rings.